The van der Waals surface area contributed by atoms with Crippen LogP contribution in [0.15, 0.2) is 56.1 Å². The van der Waals surface area contributed by atoms with E-state index in [1.54, 1.807) is 6.07 Å². The number of fused-ring (bicyclic) bond motifs is 2. The third-order valence-corrected chi connectivity index (χ3v) is 4.34. The molecular formula is C19H13ClO3. The molecule has 2 heterocycles. The average Bonchev–Trinajstić information content (AvgIpc) is 2.91. The molecule has 0 aliphatic rings. The van der Waals surface area contributed by atoms with Crippen molar-refractivity contribution in [2.75, 3.05) is 0 Å². The molecule has 0 aliphatic carbocycles. The van der Waals surface area contributed by atoms with Gasteiger partial charge in [0.05, 0.1) is 0 Å². The highest BCUT2D eigenvalue weighted by Crippen LogP contribution is 2.34. The van der Waals surface area contributed by atoms with E-state index in [1.807, 2.05) is 44.2 Å². The second-order valence-electron chi connectivity index (χ2n) is 5.70. The Labute approximate surface area is 137 Å². The van der Waals surface area contributed by atoms with Gasteiger partial charge in [-0.15, -0.1) is 0 Å². The Morgan fingerprint density at radius 1 is 0.870 bits per heavy atom. The monoisotopic (exact) mass is 324 g/mol. The number of rotatable bonds is 1. The molecule has 23 heavy (non-hydrogen) atoms. The number of hydrogen-bond donors (Lipinski definition) is 0. The van der Waals surface area contributed by atoms with Gasteiger partial charge in [0.25, 0.3) is 0 Å². The van der Waals surface area contributed by atoms with Gasteiger partial charge in [-0.3, -0.25) is 0 Å². The summed E-state index contributed by atoms with van der Waals surface area (Å²) in [5, 5.41) is 2.41. The van der Waals surface area contributed by atoms with Crippen molar-refractivity contribution >= 4 is 33.5 Å². The van der Waals surface area contributed by atoms with E-state index < -0.39 is 5.63 Å². The van der Waals surface area contributed by atoms with Crippen LogP contribution >= 0.6 is 11.6 Å². The average molecular weight is 325 g/mol. The summed E-state index contributed by atoms with van der Waals surface area (Å²) in [5.74, 6) is 0.628. The van der Waals surface area contributed by atoms with Gasteiger partial charge in [-0.1, -0.05) is 11.6 Å². The van der Waals surface area contributed by atoms with Crippen molar-refractivity contribution in [1.29, 1.82) is 0 Å². The van der Waals surface area contributed by atoms with Crippen molar-refractivity contribution in [3.05, 3.63) is 69.0 Å². The van der Waals surface area contributed by atoms with Crippen molar-refractivity contribution in [2.24, 2.45) is 0 Å². The Balaban J connectivity index is 2.06. The number of hydrogen-bond acceptors (Lipinski definition) is 3. The maximum Gasteiger partial charge on any atom is 0.336 e. The molecule has 0 fully saturated rings. The number of benzene rings is 2. The van der Waals surface area contributed by atoms with Gasteiger partial charge in [0.2, 0.25) is 0 Å². The number of furan rings is 1. The lowest BCUT2D eigenvalue weighted by Crippen LogP contribution is -1.98. The van der Waals surface area contributed by atoms with Gasteiger partial charge < -0.3 is 8.83 Å². The first-order chi connectivity index (χ1) is 11.0. The van der Waals surface area contributed by atoms with Gasteiger partial charge in [-0.2, -0.15) is 0 Å². The molecule has 0 saturated heterocycles. The van der Waals surface area contributed by atoms with E-state index in [0.29, 0.717) is 16.4 Å². The first kappa shape index (κ1) is 14.1. The SMILES string of the molecule is Cc1cc2oc(=O)cc(-c3cc4cc(Cl)ccc4o3)c2cc1C. The summed E-state index contributed by atoms with van der Waals surface area (Å²) in [4.78, 5) is 11.9. The lowest BCUT2D eigenvalue weighted by Gasteiger charge is -2.06. The van der Waals surface area contributed by atoms with Gasteiger partial charge in [0.15, 0.2) is 0 Å². The van der Waals surface area contributed by atoms with E-state index in [1.165, 1.54) is 6.07 Å². The normalized spacial score (nSPS) is 11.4. The van der Waals surface area contributed by atoms with E-state index >= 15 is 0 Å². The van der Waals surface area contributed by atoms with Crippen LogP contribution in [0.1, 0.15) is 11.1 Å². The third kappa shape index (κ3) is 2.34. The van der Waals surface area contributed by atoms with Gasteiger partial charge in [-0.25, -0.2) is 4.79 Å². The lowest BCUT2D eigenvalue weighted by atomic mass is 10.0. The van der Waals surface area contributed by atoms with Gasteiger partial charge in [-0.05, 0) is 61.4 Å². The van der Waals surface area contributed by atoms with Crippen LogP contribution in [0.4, 0.5) is 0 Å². The molecule has 0 amide bonds. The van der Waals surface area contributed by atoms with Crippen LogP contribution < -0.4 is 5.63 Å². The highest BCUT2D eigenvalue weighted by atomic mass is 35.5. The molecule has 0 saturated carbocycles. The van der Waals surface area contributed by atoms with Gasteiger partial charge >= 0.3 is 5.63 Å². The fraction of sp³-hybridized carbons (Fsp3) is 0.105. The first-order valence-electron chi connectivity index (χ1n) is 7.26. The maximum atomic E-state index is 11.9. The second-order valence-corrected chi connectivity index (χ2v) is 6.14. The van der Waals surface area contributed by atoms with Crippen LogP contribution in [0.25, 0.3) is 33.3 Å². The summed E-state index contributed by atoms with van der Waals surface area (Å²) in [6, 6.07) is 12.7. The van der Waals surface area contributed by atoms with E-state index in [2.05, 4.69) is 0 Å². The molecule has 3 nitrogen and oxygen atoms in total. The summed E-state index contributed by atoms with van der Waals surface area (Å²) in [6.07, 6.45) is 0. The summed E-state index contributed by atoms with van der Waals surface area (Å²) in [7, 11) is 0. The molecule has 4 rings (SSSR count). The molecule has 0 radical (unpaired) electrons. The van der Waals surface area contributed by atoms with E-state index in [4.69, 9.17) is 20.4 Å². The largest absolute Gasteiger partial charge is 0.456 e. The molecule has 4 aromatic rings. The van der Waals surface area contributed by atoms with Gasteiger partial charge in [0.1, 0.15) is 16.9 Å². The molecule has 0 atom stereocenters. The highest BCUT2D eigenvalue weighted by Gasteiger charge is 2.13. The van der Waals surface area contributed by atoms with Crippen molar-refractivity contribution in [3.63, 3.8) is 0 Å². The quantitative estimate of drug-likeness (QED) is 0.436. The Kier molecular flexibility index (Phi) is 3.06. The smallest absolute Gasteiger partial charge is 0.336 e. The highest BCUT2D eigenvalue weighted by molar-refractivity contribution is 6.31. The zero-order chi connectivity index (χ0) is 16.1. The zero-order valence-electron chi connectivity index (χ0n) is 12.6. The van der Waals surface area contributed by atoms with Crippen LogP contribution in [0.3, 0.4) is 0 Å². The molecule has 2 aromatic carbocycles. The second kappa shape index (κ2) is 5.00. The Morgan fingerprint density at radius 2 is 1.65 bits per heavy atom. The van der Waals surface area contributed by atoms with Crippen LogP contribution in [0.2, 0.25) is 5.02 Å². The number of halogens is 1. The summed E-state index contributed by atoms with van der Waals surface area (Å²) >= 11 is 6.03. The van der Waals surface area contributed by atoms with Crippen LogP contribution in [-0.2, 0) is 0 Å². The van der Waals surface area contributed by atoms with E-state index in [-0.39, 0.29) is 0 Å². The number of aryl methyl sites for hydroxylation is 2. The molecule has 2 aromatic heterocycles. The molecule has 0 unspecified atom stereocenters. The van der Waals surface area contributed by atoms with Crippen LogP contribution in [0.5, 0.6) is 0 Å². The summed E-state index contributed by atoms with van der Waals surface area (Å²) in [6.45, 7) is 4.02. The zero-order valence-corrected chi connectivity index (χ0v) is 13.4. The first-order valence-corrected chi connectivity index (χ1v) is 7.64. The van der Waals surface area contributed by atoms with Crippen LogP contribution in [0, 0.1) is 13.8 Å². The molecule has 0 aliphatic heterocycles. The molecule has 0 N–H and O–H groups in total. The lowest BCUT2D eigenvalue weighted by molar-refractivity contribution is 0.559. The van der Waals surface area contributed by atoms with Crippen molar-refractivity contribution in [3.8, 4) is 11.3 Å². The Bertz CT molecular complexity index is 1120. The van der Waals surface area contributed by atoms with Crippen molar-refractivity contribution in [2.45, 2.75) is 13.8 Å². The molecule has 0 spiro atoms. The fourth-order valence-corrected chi connectivity index (χ4v) is 2.95. The molecule has 4 heteroatoms. The van der Waals surface area contributed by atoms with Crippen molar-refractivity contribution in [1.82, 2.24) is 0 Å². The minimum Gasteiger partial charge on any atom is -0.456 e. The Morgan fingerprint density at radius 3 is 2.48 bits per heavy atom. The predicted octanol–water partition coefficient (Wildman–Crippen LogP) is 5.48. The summed E-state index contributed by atoms with van der Waals surface area (Å²) < 4.78 is 11.2. The standard InChI is InChI=1S/C19H13ClO3/c1-10-5-14-15(9-19(21)23-17(14)6-11(10)2)18-8-12-7-13(20)3-4-16(12)22-18/h3-9H,1-2H3. The Hall–Kier alpha value is -2.52. The van der Waals surface area contributed by atoms with Gasteiger partial charge in [0, 0.05) is 27.4 Å². The third-order valence-electron chi connectivity index (χ3n) is 4.10. The van der Waals surface area contributed by atoms with Crippen LogP contribution in [-0.4, -0.2) is 0 Å². The topological polar surface area (TPSA) is 43.4 Å². The minimum atomic E-state index is -0.394. The summed E-state index contributed by atoms with van der Waals surface area (Å²) in [5.41, 5.74) is 3.84. The molecular weight excluding hydrogens is 312 g/mol. The predicted molar refractivity (Wildman–Crippen MR) is 92.2 cm³/mol. The van der Waals surface area contributed by atoms with E-state index in [9.17, 15) is 4.79 Å². The molecule has 0 bridgehead atoms. The minimum absolute atomic E-state index is 0.394. The molecule has 114 valence electrons. The van der Waals surface area contributed by atoms with E-state index in [0.717, 1.165) is 33.0 Å². The fourth-order valence-electron chi connectivity index (χ4n) is 2.77. The van der Waals surface area contributed by atoms with Crippen molar-refractivity contribution < 1.29 is 8.83 Å². The maximum absolute atomic E-state index is 11.9.